The molecule has 8 heteroatoms. The first-order chi connectivity index (χ1) is 15.2. The van der Waals surface area contributed by atoms with E-state index in [9.17, 15) is 18.0 Å². The molecule has 7 nitrogen and oxygen atoms in total. The molecule has 3 unspecified atom stereocenters. The fourth-order valence-corrected chi connectivity index (χ4v) is 6.06. The summed E-state index contributed by atoms with van der Waals surface area (Å²) in [6.07, 6.45) is 6.80. The van der Waals surface area contributed by atoms with E-state index in [0.29, 0.717) is 24.1 Å². The number of amides is 2. The second-order valence-electron chi connectivity index (χ2n) is 9.66. The molecule has 2 saturated carbocycles. The minimum atomic E-state index is -3.61. The Morgan fingerprint density at radius 3 is 2.25 bits per heavy atom. The number of hydrogen-bond acceptors (Lipinski definition) is 4. The van der Waals surface area contributed by atoms with Gasteiger partial charge in [-0.1, -0.05) is 26.7 Å². The molecule has 3 N–H and O–H groups in total. The normalized spacial score (nSPS) is 28.7. The third-order valence-electron chi connectivity index (χ3n) is 7.30. The Morgan fingerprint density at radius 2 is 1.62 bits per heavy atom. The summed E-state index contributed by atoms with van der Waals surface area (Å²) in [5, 5.41) is 5.92. The molecule has 3 rings (SSSR count). The average molecular weight is 464 g/mol. The molecule has 2 aliphatic rings. The first-order valence-electron chi connectivity index (χ1n) is 11.8. The molecule has 0 aromatic heterocycles. The molecule has 0 spiro atoms. The zero-order valence-electron chi connectivity index (χ0n) is 19.4. The summed E-state index contributed by atoms with van der Waals surface area (Å²) in [6, 6.07) is 6.42. The highest BCUT2D eigenvalue weighted by molar-refractivity contribution is 7.89. The van der Waals surface area contributed by atoms with Crippen LogP contribution in [-0.2, 0) is 19.6 Å². The van der Waals surface area contributed by atoms with Crippen molar-refractivity contribution in [2.75, 3.05) is 11.9 Å². The highest BCUT2D eigenvalue weighted by atomic mass is 32.2. The van der Waals surface area contributed by atoms with Crippen LogP contribution in [0, 0.1) is 23.7 Å². The van der Waals surface area contributed by atoms with Crippen molar-refractivity contribution >= 4 is 27.5 Å². The predicted octanol–water partition coefficient (Wildman–Crippen LogP) is 3.67. The van der Waals surface area contributed by atoms with Crippen molar-refractivity contribution in [1.82, 2.24) is 10.0 Å². The lowest BCUT2D eigenvalue weighted by Crippen LogP contribution is -2.46. The largest absolute Gasteiger partial charge is 0.353 e. The molecule has 0 radical (unpaired) electrons. The van der Waals surface area contributed by atoms with Gasteiger partial charge in [-0.3, -0.25) is 9.59 Å². The van der Waals surface area contributed by atoms with Gasteiger partial charge in [0.15, 0.2) is 0 Å². The monoisotopic (exact) mass is 463 g/mol. The van der Waals surface area contributed by atoms with Crippen molar-refractivity contribution < 1.29 is 18.0 Å². The zero-order chi connectivity index (χ0) is 23.3. The smallest absolute Gasteiger partial charge is 0.240 e. The number of anilines is 1. The molecule has 0 aliphatic heterocycles. The minimum absolute atomic E-state index is 0.0358. The van der Waals surface area contributed by atoms with Gasteiger partial charge in [0, 0.05) is 31.1 Å². The van der Waals surface area contributed by atoms with E-state index in [1.54, 1.807) is 12.1 Å². The maximum atomic E-state index is 12.8. The highest BCUT2D eigenvalue weighted by Crippen LogP contribution is 2.32. The first kappa shape index (κ1) is 24.7. The number of benzene rings is 1. The van der Waals surface area contributed by atoms with Gasteiger partial charge in [0.2, 0.25) is 21.8 Å². The molecule has 1 aromatic carbocycles. The number of hydrogen-bond donors (Lipinski definition) is 3. The molecular formula is C24H37N3O4S. The van der Waals surface area contributed by atoms with Crippen LogP contribution in [-0.4, -0.2) is 32.8 Å². The van der Waals surface area contributed by atoms with Gasteiger partial charge >= 0.3 is 0 Å². The molecule has 1 aromatic rings. The SMILES string of the molecule is CC(=O)Nc1ccc(S(=O)(=O)NCC2CCC(C(=O)NC3CCCC(C)C3C)CC2)cc1. The van der Waals surface area contributed by atoms with Gasteiger partial charge < -0.3 is 10.6 Å². The predicted molar refractivity (Wildman–Crippen MR) is 125 cm³/mol. The van der Waals surface area contributed by atoms with E-state index in [2.05, 4.69) is 29.2 Å². The van der Waals surface area contributed by atoms with Crippen molar-refractivity contribution in [2.24, 2.45) is 23.7 Å². The van der Waals surface area contributed by atoms with Crippen molar-refractivity contribution in [3.8, 4) is 0 Å². The lowest BCUT2D eigenvalue weighted by Gasteiger charge is -2.36. The van der Waals surface area contributed by atoms with Crippen LogP contribution in [0.2, 0.25) is 0 Å². The molecule has 2 aliphatic carbocycles. The summed E-state index contributed by atoms with van der Waals surface area (Å²) in [6.45, 7) is 6.29. The molecular weight excluding hydrogens is 426 g/mol. The van der Waals surface area contributed by atoms with Gasteiger partial charge in [-0.15, -0.1) is 0 Å². The van der Waals surface area contributed by atoms with Crippen molar-refractivity contribution in [2.45, 2.75) is 76.7 Å². The Hall–Kier alpha value is -1.93. The summed E-state index contributed by atoms with van der Waals surface area (Å²) < 4.78 is 27.9. The van der Waals surface area contributed by atoms with Crippen LogP contribution in [0.5, 0.6) is 0 Å². The van der Waals surface area contributed by atoms with Crippen molar-refractivity contribution in [1.29, 1.82) is 0 Å². The Labute approximate surface area is 192 Å². The van der Waals surface area contributed by atoms with Gasteiger partial charge in [0.05, 0.1) is 4.90 Å². The maximum Gasteiger partial charge on any atom is 0.240 e. The van der Waals surface area contributed by atoms with E-state index >= 15 is 0 Å². The van der Waals surface area contributed by atoms with Crippen LogP contribution in [0.25, 0.3) is 0 Å². The summed E-state index contributed by atoms with van der Waals surface area (Å²) in [5.74, 6) is 1.42. The van der Waals surface area contributed by atoms with Crippen molar-refractivity contribution in [3.63, 3.8) is 0 Å². The average Bonchev–Trinajstić information content (AvgIpc) is 2.76. The Morgan fingerprint density at radius 1 is 0.969 bits per heavy atom. The van der Waals surface area contributed by atoms with Gasteiger partial charge in [-0.05, 0) is 74.1 Å². The van der Waals surface area contributed by atoms with E-state index in [1.807, 2.05) is 0 Å². The highest BCUT2D eigenvalue weighted by Gasteiger charge is 2.32. The summed E-state index contributed by atoms with van der Waals surface area (Å²) in [4.78, 5) is 24.0. The van der Waals surface area contributed by atoms with Crippen LogP contribution < -0.4 is 15.4 Å². The van der Waals surface area contributed by atoms with Crippen LogP contribution in [0.15, 0.2) is 29.2 Å². The number of carbonyl (C=O) groups excluding carboxylic acids is 2. The molecule has 0 heterocycles. The molecule has 0 saturated heterocycles. The van der Waals surface area contributed by atoms with Crippen LogP contribution in [0.4, 0.5) is 5.69 Å². The Kier molecular flexibility index (Phi) is 8.33. The topological polar surface area (TPSA) is 104 Å². The van der Waals surface area contributed by atoms with Crippen LogP contribution in [0.1, 0.15) is 65.7 Å². The van der Waals surface area contributed by atoms with E-state index < -0.39 is 10.0 Å². The fourth-order valence-electron chi connectivity index (χ4n) is 4.95. The number of rotatable bonds is 7. The number of sulfonamides is 1. The van der Waals surface area contributed by atoms with Crippen molar-refractivity contribution in [3.05, 3.63) is 24.3 Å². The second kappa shape index (κ2) is 10.8. The molecule has 2 amide bonds. The number of nitrogens with one attached hydrogen (secondary N) is 3. The van der Waals surface area contributed by atoms with Gasteiger partial charge in [-0.25, -0.2) is 13.1 Å². The summed E-state index contributed by atoms with van der Waals surface area (Å²) in [5.41, 5.74) is 0.560. The molecule has 32 heavy (non-hydrogen) atoms. The summed E-state index contributed by atoms with van der Waals surface area (Å²) in [7, 11) is -3.61. The third-order valence-corrected chi connectivity index (χ3v) is 8.74. The van der Waals surface area contributed by atoms with Gasteiger partial charge in [0.1, 0.15) is 0 Å². The zero-order valence-corrected chi connectivity index (χ0v) is 20.2. The minimum Gasteiger partial charge on any atom is -0.353 e. The van der Waals surface area contributed by atoms with Gasteiger partial charge in [-0.2, -0.15) is 0 Å². The van der Waals surface area contributed by atoms with Crippen LogP contribution in [0.3, 0.4) is 0 Å². The maximum absolute atomic E-state index is 12.8. The number of carbonyl (C=O) groups is 2. The summed E-state index contributed by atoms with van der Waals surface area (Å²) >= 11 is 0. The Bertz CT molecular complexity index is 892. The molecule has 0 bridgehead atoms. The standard InChI is InChI=1S/C24H37N3O4S/c1-16-5-4-6-23(17(16)2)27-24(29)20-9-7-19(8-10-20)15-25-32(30,31)22-13-11-21(12-14-22)26-18(3)28/h11-14,16-17,19-20,23,25H,4-10,15H2,1-3H3,(H,26,28)(H,27,29). The van der Waals surface area contributed by atoms with E-state index in [1.165, 1.54) is 31.9 Å². The fraction of sp³-hybridized carbons (Fsp3) is 0.667. The lowest BCUT2D eigenvalue weighted by atomic mass is 9.77. The third kappa shape index (κ3) is 6.54. The van der Waals surface area contributed by atoms with E-state index in [0.717, 1.165) is 32.1 Å². The van der Waals surface area contributed by atoms with Gasteiger partial charge in [0.25, 0.3) is 0 Å². The first-order valence-corrected chi connectivity index (χ1v) is 13.3. The lowest BCUT2D eigenvalue weighted by molar-refractivity contribution is -0.127. The van der Waals surface area contributed by atoms with Crippen LogP contribution >= 0.6 is 0 Å². The van der Waals surface area contributed by atoms with E-state index in [4.69, 9.17) is 0 Å². The molecule has 3 atom stereocenters. The quantitative estimate of drug-likeness (QED) is 0.574. The van der Waals surface area contributed by atoms with E-state index in [-0.39, 0.29) is 34.6 Å². The molecule has 2 fully saturated rings. The molecule has 178 valence electrons. The Balaban J connectivity index is 1.44. The second-order valence-corrected chi connectivity index (χ2v) is 11.4.